The van der Waals surface area contributed by atoms with E-state index < -0.39 is 0 Å². The van der Waals surface area contributed by atoms with E-state index in [1.807, 2.05) is 0 Å². The molecule has 9 unspecified atom stereocenters. The van der Waals surface area contributed by atoms with Gasteiger partial charge < -0.3 is 9.84 Å². The molecule has 0 aromatic rings. The highest BCUT2D eigenvalue weighted by molar-refractivity contribution is 5.26. The molecule has 0 bridgehead atoms. The second-order valence-corrected chi connectivity index (χ2v) is 12.2. The Morgan fingerprint density at radius 3 is 2.66 bits per heavy atom. The summed E-state index contributed by atoms with van der Waals surface area (Å²) in [6.45, 7) is 10.1. The van der Waals surface area contributed by atoms with Crippen LogP contribution in [0.4, 0.5) is 0 Å². The lowest BCUT2D eigenvalue weighted by Gasteiger charge is -2.60. The fourth-order valence-corrected chi connectivity index (χ4v) is 9.35. The number of hydrogen-bond donors (Lipinski definition) is 1. The van der Waals surface area contributed by atoms with Crippen molar-refractivity contribution in [2.75, 3.05) is 6.61 Å². The van der Waals surface area contributed by atoms with Crippen LogP contribution in [-0.4, -0.2) is 17.8 Å². The molecule has 5 aliphatic rings. The van der Waals surface area contributed by atoms with Crippen molar-refractivity contribution in [3.63, 3.8) is 0 Å². The van der Waals surface area contributed by atoms with E-state index >= 15 is 0 Å². The fraction of sp³-hybridized carbons (Fsp3) is 0.926. The molecule has 2 heteroatoms. The molecular weight excluding hydrogens is 356 g/mol. The largest absolute Gasteiger partial charge is 0.494 e. The zero-order valence-corrected chi connectivity index (χ0v) is 19.4. The lowest BCUT2D eigenvalue weighted by Crippen LogP contribution is -2.52. The molecule has 5 rings (SSSR count). The Morgan fingerprint density at radius 2 is 1.86 bits per heavy atom. The van der Waals surface area contributed by atoms with E-state index in [2.05, 4.69) is 27.7 Å². The van der Waals surface area contributed by atoms with Gasteiger partial charge in [-0.05, 0) is 104 Å². The second-order valence-electron chi connectivity index (χ2n) is 12.2. The summed E-state index contributed by atoms with van der Waals surface area (Å²) in [7, 11) is 0. The average molecular weight is 401 g/mol. The van der Waals surface area contributed by atoms with Crippen molar-refractivity contribution in [3.05, 3.63) is 11.3 Å². The van der Waals surface area contributed by atoms with Crippen LogP contribution in [0, 0.1) is 46.3 Å². The number of ether oxygens (including phenoxy) is 1. The van der Waals surface area contributed by atoms with Gasteiger partial charge in [0.2, 0.25) is 0 Å². The van der Waals surface area contributed by atoms with Crippen molar-refractivity contribution in [2.24, 2.45) is 46.3 Å². The minimum atomic E-state index is 0.293. The number of allylic oxidation sites excluding steroid dienone is 1. The van der Waals surface area contributed by atoms with Crippen LogP contribution in [0.2, 0.25) is 0 Å². The van der Waals surface area contributed by atoms with Gasteiger partial charge in [-0.2, -0.15) is 0 Å². The van der Waals surface area contributed by atoms with E-state index in [1.54, 1.807) is 5.57 Å². The Morgan fingerprint density at radius 1 is 1.03 bits per heavy atom. The van der Waals surface area contributed by atoms with E-state index in [0.29, 0.717) is 35.4 Å². The van der Waals surface area contributed by atoms with Crippen LogP contribution in [0.25, 0.3) is 0 Å². The van der Waals surface area contributed by atoms with Crippen LogP contribution < -0.4 is 0 Å². The molecule has 1 aliphatic heterocycles. The average Bonchev–Trinajstić information content (AvgIpc) is 3.19. The predicted molar refractivity (Wildman–Crippen MR) is 118 cm³/mol. The molecule has 164 valence electrons. The van der Waals surface area contributed by atoms with Crippen LogP contribution in [0.5, 0.6) is 0 Å². The zero-order chi connectivity index (χ0) is 20.4. The van der Waals surface area contributed by atoms with E-state index in [-0.39, 0.29) is 0 Å². The van der Waals surface area contributed by atoms with Crippen molar-refractivity contribution in [2.45, 2.75) is 104 Å². The molecule has 0 radical (unpaired) electrons. The maximum absolute atomic E-state index is 9.39. The Balaban J connectivity index is 1.37. The Labute approximate surface area is 178 Å². The van der Waals surface area contributed by atoms with Gasteiger partial charge in [0, 0.05) is 18.9 Å². The summed E-state index contributed by atoms with van der Waals surface area (Å²) in [6, 6.07) is 0. The maximum atomic E-state index is 9.39. The minimum absolute atomic E-state index is 0.293. The lowest BCUT2D eigenvalue weighted by atomic mass is 9.44. The summed E-state index contributed by atoms with van der Waals surface area (Å²) in [5, 5.41) is 9.39. The van der Waals surface area contributed by atoms with Gasteiger partial charge in [-0.3, -0.25) is 0 Å². The fourth-order valence-electron chi connectivity index (χ4n) is 9.35. The Bertz CT molecular complexity index is 667. The van der Waals surface area contributed by atoms with Crippen molar-refractivity contribution >= 4 is 0 Å². The summed E-state index contributed by atoms with van der Waals surface area (Å²) in [5.41, 5.74) is 2.66. The number of hydrogen-bond acceptors (Lipinski definition) is 2. The van der Waals surface area contributed by atoms with Gasteiger partial charge in [-0.25, -0.2) is 0 Å². The topological polar surface area (TPSA) is 29.5 Å². The van der Waals surface area contributed by atoms with E-state index in [0.717, 1.165) is 36.5 Å². The molecule has 1 N–H and O–H groups in total. The number of rotatable bonds is 4. The van der Waals surface area contributed by atoms with Gasteiger partial charge >= 0.3 is 0 Å². The van der Waals surface area contributed by atoms with Crippen molar-refractivity contribution < 1.29 is 9.84 Å². The quantitative estimate of drug-likeness (QED) is 0.567. The van der Waals surface area contributed by atoms with Crippen LogP contribution in [0.3, 0.4) is 0 Å². The Hall–Kier alpha value is -0.500. The van der Waals surface area contributed by atoms with E-state index in [9.17, 15) is 5.11 Å². The molecule has 2 nitrogen and oxygen atoms in total. The summed E-state index contributed by atoms with van der Waals surface area (Å²) in [6.07, 6.45) is 15.7. The summed E-state index contributed by atoms with van der Waals surface area (Å²) in [4.78, 5) is 0. The van der Waals surface area contributed by atoms with Gasteiger partial charge in [0.15, 0.2) is 0 Å². The number of aliphatic hydroxyl groups excluding tert-OH is 1. The highest BCUT2D eigenvalue weighted by Gasteiger charge is 2.64. The van der Waals surface area contributed by atoms with Crippen molar-refractivity contribution in [1.82, 2.24) is 0 Å². The third-order valence-electron chi connectivity index (χ3n) is 11.0. The second kappa shape index (κ2) is 7.28. The third kappa shape index (κ3) is 2.98. The predicted octanol–water partition coefficient (Wildman–Crippen LogP) is 6.73. The molecule has 9 atom stereocenters. The lowest BCUT2D eigenvalue weighted by molar-refractivity contribution is -0.108. The molecular formula is C27H44O2. The first-order chi connectivity index (χ1) is 13.9. The minimum Gasteiger partial charge on any atom is -0.494 e. The Kier molecular flexibility index (Phi) is 5.12. The maximum Gasteiger partial charge on any atom is 0.106 e. The number of aliphatic hydroxyl groups is 1. The van der Waals surface area contributed by atoms with Gasteiger partial charge in [-0.1, -0.05) is 33.6 Å². The molecule has 29 heavy (non-hydrogen) atoms. The highest BCUT2D eigenvalue weighted by atomic mass is 16.5. The third-order valence-corrected chi connectivity index (χ3v) is 11.0. The molecule has 4 fully saturated rings. The zero-order valence-electron chi connectivity index (χ0n) is 19.4. The molecule has 0 spiro atoms. The first-order valence-corrected chi connectivity index (χ1v) is 12.9. The summed E-state index contributed by atoms with van der Waals surface area (Å²) < 4.78 is 6.66. The van der Waals surface area contributed by atoms with Crippen LogP contribution >= 0.6 is 0 Å². The van der Waals surface area contributed by atoms with Crippen LogP contribution in [0.15, 0.2) is 11.3 Å². The van der Waals surface area contributed by atoms with E-state index in [4.69, 9.17) is 4.74 Å². The monoisotopic (exact) mass is 400 g/mol. The van der Waals surface area contributed by atoms with E-state index in [1.165, 1.54) is 63.5 Å². The van der Waals surface area contributed by atoms with Crippen molar-refractivity contribution in [3.8, 4) is 0 Å². The SMILES string of the molecule is CC1=C(CCC(C)CO)OC2CC3C4CCC5CCCCC5(C)C4CCC3(C)C12. The van der Waals surface area contributed by atoms with Crippen LogP contribution in [-0.2, 0) is 4.74 Å². The normalized spacial score (nSPS) is 49.7. The number of fused-ring (bicyclic) bond motifs is 7. The summed E-state index contributed by atoms with van der Waals surface area (Å²) in [5.74, 6) is 6.14. The molecule has 4 aliphatic carbocycles. The van der Waals surface area contributed by atoms with Crippen LogP contribution in [0.1, 0.15) is 98.3 Å². The smallest absolute Gasteiger partial charge is 0.106 e. The molecule has 0 aromatic heterocycles. The van der Waals surface area contributed by atoms with Gasteiger partial charge in [0.25, 0.3) is 0 Å². The molecule has 0 saturated heterocycles. The molecule has 1 heterocycles. The highest BCUT2D eigenvalue weighted by Crippen LogP contribution is 2.69. The summed E-state index contributed by atoms with van der Waals surface area (Å²) >= 11 is 0. The molecule has 0 aromatic carbocycles. The molecule has 0 amide bonds. The van der Waals surface area contributed by atoms with Gasteiger partial charge in [0.05, 0.1) is 5.76 Å². The first kappa shape index (κ1) is 20.4. The van der Waals surface area contributed by atoms with Crippen molar-refractivity contribution in [1.29, 1.82) is 0 Å². The first-order valence-electron chi connectivity index (χ1n) is 12.9. The molecule has 4 saturated carbocycles. The van der Waals surface area contributed by atoms with Gasteiger partial charge in [0.1, 0.15) is 6.10 Å². The van der Waals surface area contributed by atoms with Gasteiger partial charge in [-0.15, -0.1) is 0 Å². The standard InChI is InChI=1S/C27H44O2/c1-17(16-28)8-11-23-18(2)25-24(29-23)15-22-20-10-9-19-7-5-6-13-26(19,3)21(20)12-14-27(22,25)4/h17,19-22,24-25,28H,5-16H2,1-4H3.